The van der Waals surface area contributed by atoms with Crippen molar-refractivity contribution in [1.29, 1.82) is 0 Å². The van der Waals surface area contributed by atoms with E-state index in [4.69, 9.17) is 0 Å². The molecule has 0 fully saturated rings. The van der Waals surface area contributed by atoms with Crippen LogP contribution in [0.2, 0.25) is 0 Å². The van der Waals surface area contributed by atoms with Gasteiger partial charge in [-0.3, -0.25) is 0 Å². The third-order valence-corrected chi connectivity index (χ3v) is 4.20. The van der Waals surface area contributed by atoms with E-state index in [1.807, 2.05) is 36.4 Å². The molecule has 1 nitrogen and oxygen atoms in total. The molecule has 0 saturated heterocycles. The molecule has 4 aromatic carbocycles. The summed E-state index contributed by atoms with van der Waals surface area (Å²) in [6, 6.07) is 36.0. The Labute approximate surface area is 173 Å². The van der Waals surface area contributed by atoms with Gasteiger partial charge in [0.1, 0.15) is 0 Å². The minimum Gasteiger partial charge on any atom is -0.313 e. The van der Waals surface area contributed by atoms with Crippen LogP contribution in [0, 0.1) is 0 Å². The zero-order chi connectivity index (χ0) is 18.2. The van der Waals surface area contributed by atoms with Gasteiger partial charge in [-0.1, -0.05) is 48.0 Å². The zero-order valence-electron chi connectivity index (χ0n) is 15.8. The fourth-order valence-electron chi connectivity index (χ4n) is 2.94. The second-order valence-corrected chi connectivity index (χ2v) is 6.65. The summed E-state index contributed by atoms with van der Waals surface area (Å²) >= 11 is 0. The van der Waals surface area contributed by atoms with Crippen molar-refractivity contribution >= 4 is 0 Å². The molecule has 0 aliphatic rings. The maximum Gasteiger partial charge on any atom is 2.00 e. The zero-order valence-corrected chi connectivity index (χ0v) is 16.9. The molecule has 0 N–H and O–H groups in total. The molecule has 0 bridgehead atoms. The van der Waals surface area contributed by atoms with Crippen LogP contribution in [0.4, 0.5) is 0 Å². The summed E-state index contributed by atoms with van der Waals surface area (Å²) in [6.45, 7) is 0.988. The normalized spacial score (nSPS) is 10.0. The molecule has 0 aliphatic carbocycles. The fourth-order valence-corrected chi connectivity index (χ4v) is 2.94. The Balaban J connectivity index is 0.000000379. The topological polar surface area (TPSA) is 3.24 Å². The number of nitrogens with zero attached hydrogens (tertiary/aromatic N) is 1. The van der Waals surface area contributed by atoms with Crippen molar-refractivity contribution in [3.63, 3.8) is 0 Å². The SMILES string of the molecule is CN(C)Cc1cc[c-](-c2ccc(-c3ccccc3)cc2)c1.[Fe+2].c1cc[cH-]c1. The maximum atomic E-state index is 2.28. The molecule has 0 atom stereocenters. The van der Waals surface area contributed by atoms with Gasteiger partial charge in [0.25, 0.3) is 0 Å². The summed E-state index contributed by atoms with van der Waals surface area (Å²) in [7, 11) is 4.20. The molecule has 0 amide bonds. The van der Waals surface area contributed by atoms with E-state index in [0.717, 1.165) is 6.54 Å². The van der Waals surface area contributed by atoms with Crippen LogP contribution >= 0.6 is 0 Å². The largest absolute Gasteiger partial charge is 2.00 e. The predicted octanol–water partition coefficient (Wildman–Crippen LogP) is 6.20. The number of benzene rings is 2. The van der Waals surface area contributed by atoms with E-state index in [-0.39, 0.29) is 17.1 Å². The fraction of sp³-hybridized carbons (Fsp3) is 0.120. The molecule has 27 heavy (non-hydrogen) atoms. The molecule has 0 spiro atoms. The molecule has 0 aliphatic heterocycles. The first kappa shape index (κ1) is 20.9. The standard InChI is InChI=1S/C20H20N.C5H5.Fe/c1-21(2)15-16-8-9-20(14-16)19-12-10-18(11-13-19)17-6-4-3-5-7-17;1-2-4-5-3-1;/h3-14H,15H2,1-2H3;1-5H;/q2*-1;+2. The van der Waals surface area contributed by atoms with E-state index in [1.54, 1.807) is 0 Å². The Kier molecular flexibility index (Phi) is 8.29. The van der Waals surface area contributed by atoms with Crippen molar-refractivity contribution in [2.45, 2.75) is 6.54 Å². The van der Waals surface area contributed by atoms with Crippen LogP contribution in [0.15, 0.2) is 103 Å². The Bertz CT molecular complexity index is 855. The van der Waals surface area contributed by atoms with E-state index < -0.39 is 0 Å². The van der Waals surface area contributed by atoms with Crippen LogP contribution in [0.1, 0.15) is 5.56 Å². The molecule has 0 heterocycles. The number of rotatable bonds is 4. The van der Waals surface area contributed by atoms with Gasteiger partial charge in [-0.05, 0) is 31.8 Å². The third kappa shape index (κ3) is 6.37. The average Bonchev–Trinajstić information content (AvgIpc) is 3.37. The van der Waals surface area contributed by atoms with Crippen LogP contribution in [0.25, 0.3) is 22.3 Å². The molecule has 2 heteroatoms. The molecule has 0 saturated carbocycles. The van der Waals surface area contributed by atoms with Gasteiger partial charge in [0.05, 0.1) is 0 Å². The Morgan fingerprint density at radius 1 is 0.778 bits per heavy atom. The van der Waals surface area contributed by atoms with E-state index in [2.05, 4.69) is 85.7 Å². The van der Waals surface area contributed by atoms with Gasteiger partial charge in [0, 0.05) is 0 Å². The molecule has 4 aromatic rings. The number of hydrogen-bond acceptors (Lipinski definition) is 1. The van der Waals surface area contributed by atoms with Gasteiger partial charge in [0.15, 0.2) is 0 Å². The molecule has 0 aromatic heterocycles. The van der Waals surface area contributed by atoms with Crippen LogP contribution < -0.4 is 0 Å². The quantitative estimate of drug-likeness (QED) is 0.294. The summed E-state index contributed by atoms with van der Waals surface area (Å²) in [5.41, 5.74) is 6.47. The van der Waals surface area contributed by atoms with E-state index >= 15 is 0 Å². The van der Waals surface area contributed by atoms with Crippen molar-refractivity contribution in [3.05, 3.63) is 109 Å². The molecule has 0 radical (unpaired) electrons. The summed E-state index contributed by atoms with van der Waals surface area (Å²) in [4.78, 5) is 2.19. The van der Waals surface area contributed by atoms with Gasteiger partial charge < -0.3 is 4.90 Å². The second-order valence-electron chi connectivity index (χ2n) is 6.65. The molecular formula is C25H25FeN. The monoisotopic (exact) mass is 395 g/mol. The van der Waals surface area contributed by atoms with Crippen LogP contribution in [0.5, 0.6) is 0 Å². The molecule has 0 unspecified atom stereocenters. The molecule has 138 valence electrons. The van der Waals surface area contributed by atoms with E-state index in [9.17, 15) is 0 Å². The molecule has 4 rings (SSSR count). The van der Waals surface area contributed by atoms with Crippen molar-refractivity contribution in [2.75, 3.05) is 14.1 Å². The van der Waals surface area contributed by atoms with Crippen molar-refractivity contribution in [1.82, 2.24) is 4.90 Å². The first-order valence-electron chi connectivity index (χ1n) is 8.95. The van der Waals surface area contributed by atoms with Crippen LogP contribution in [-0.4, -0.2) is 19.0 Å². The van der Waals surface area contributed by atoms with E-state index in [1.165, 1.54) is 27.8 Å². The minimum atomic E-state index is 0. The number of hydrogen-bond donors (Lipinski definition) is 0. The summed E-state index contributed by atoms with van der Waals surface area (Å²) in [6.07, 6.45) is 0. The van der Waals surface area contributed by atoms with Gasteiger partial charge >= 0.3 is 17.1 Å². The Hall–Kier alpha value is -2.38. The Morgan fingerprint density at radius 2 is 1.41 bits per heavy atom. The Morgan fingerprint density at radius 3 is 1.96 bits per heavy atom. The van der Waals surface area contributed by atoms with Crippen LogP contribution in [0.3, 0.4) is 0 Å². The average molecular weight is 395 g/mol. The summed E-state index contributed by atoms with van der Waals surface area (Å²) in [5, 5.41) is 0. The van der Waals surface area contributed by atoms with Gasteiger partial charge in [-0.25, -0.2) is 12.1 Å². The smallest absolute Gasteiger partial charge is 0.313 e. The van der Waals surface area contributed by atoms with Crippen LogP contribution in [-0.2, 0) is 23.6 Å². The van der Waals surface area contributed by atoms with Gasteiger partial charge in [0.2, 0.25) is 0 Å². The first-order valence-corrected chi connectivity index (χ1v) is 8.95. The third-order valence-electron chi connectivity index (χ3n) is 4.20. The van der Waals surface area contributed by atoms with Gasteiger partial charge in [-0.2, -0.15) is 18.2 Å². The van der Waals surface area contributed by atoms with Gasteiger partial charge in [-0.15, -0.1) is 41.5 Å². The maximum absolute atomic E-state index is 2.28. The minimum absolute atomic E-state index is 0. The van der Waals surface area contributed by atoms with Crippen molar-refractivity contribution in [2.24, 2.45) is 0 Å². The predicted molar refractivity (Wildman–Crippen MR) is 112 cm³/mol. The second kappa shape index (κ2) is 10.7. The molecular weight excluding hydrogens is 370 g/mol. The summed E-state index contributed by atoms with van der Waals surface area (Å²) < 4.78 is 0. The van der Waals surface area contributed by atoms with Crippen molar-refractivity contribution in [3.8, 4) is 22.3 Å². The first-order chi connectivity index (χ1) is 12.7. The van der Waals surface area contributed by atoms with Crippen molar-refractivity contribution < 1.29 is 17.1 Å². The summed E-state index contributed by atoms with van der Waals surface area (Å²) in [5.74, 6) is 0. The van der Waals surface area contributed by atoms with E-state index in [0.29, 0.717) is 0 Å².